The molecule has 0 unspecified atom stereocenters. The molecule has 0 saturated heterocycles. The van der Waals surface area contributed by atoms with Crippen molar-refractivity contribution in [1.82, 2.24) is 9.78 Å². The molecule has 18 heavy (non-hydrogen) atoms. The molecule has 0 N–H and O–H groups in total. The Kier molecular flexibility index (Phi) is 3.46. The van der Waals surface area contributed by atoms with Gasteiger partial charge in [0.25, 0.3) is 0 Å². The molecule has 2 aromatic rings. The van der Waals surface area contributed by atoms with Crippen LogP contribution in [-0.4, -0.2) is 23.2 Å². The zero-order valence-corrected chi connectivity index (χ0v) is 10.8. The third kappa shape index (κ3) is 2.14. The predicted molar refractivity (Wildman–Crippen MR) is 70.0 cm³/mol. The van der Waals surface area contributed by atoms with E-state index in [1.54, 1.807) is 19.4 Å². The van der Waals surface area contributed by atoms with Crippen molar-refractivity contribution in [1.29, 1.82) is 0 Å². The molecule has 1 aromatic heterocycles. The number of aromatic nitrogens is 2. The minimum Gasteiger partial charge on any atom is -0.496 e. The van der Waals surface area contributed by atoms with E-state index in [1.165, 1.54) is 0 Å². The quantitative estimate of drug-likeness (QED) is 0.777. The van der Waals surface area contributed by atoms with Gasteiger partial charge in [0, 0.05) is 17.8 Å². The zero-order chi connectivity index (χ0) is 13.1. The molecular formula is C14H16N2O2. The molecule has 94 valence electrons. The van der Waals surface area contributed by atoms with Crippen molar-refractivity contribution in [2.75, 3.05) is 7.11 Å². The van der Waals surface area contributed by atoms with E-state index in [0.29, 0.717) is 11.3 Å². The van der Waals surface area contributed by atoms with E-state index in [2.05, 4.69) is 18.9 Å². The number of ether oxygens (including phenoxy) is 1. The van der Waals surface area contributed by atoms with Gasteiger partial charge in [-0.05, 0) is 32.0 Å². The normalized spacial score (nSPS) is 10.7. The lowest BCUT2D eigenvalue weighted by molar-refractivity contribution is 0.112. The summed E-state index contributed by atoms with van der Waals surface area (Å²) in [5.41, 5.74) is 2.56. The highest BCUT2D eigenvalue weighted by molar-refractivity contribution is 5.81. The van der Waals surface area contributed by atoms with Gasteiger partial charge >= 0.3 is 0 Å². The molecule has 0 aliphatic carbocycles. The summed E-state index contributed by atoms with van der Waals surface area (Å²) in [7, 11) is 1.56. The Morgan fingerprint density at radius 3 is 2.72 bits per heavy atom. The average Bonchev–Trinajstić information content (AvgIpc) is 2.87. The number of hydrogen-bond acceptors (Lipinski definition) is 3. The smallest absolute Gasteiger partial charge is 0.153 e. The van der Waals surface area contributed by atoms with Crippen LogP contribution in [0.4, 0.5) is 0 Å². The third-order valence-corrected chi connectivity index (χ3v) is 2.82. The topological polar surface area (TPSA) is 44.1 Å². The second-order valence-electron chi connectivity index (χ2n) is 4.33. The van der Waals surface area contributed by atoms with Gasteiger partial charge < -0.3 is 4.74 Å². The fourth-order valence-corrected chi connectivity index (χ4v) is 1.92. The molecular weight excluding hydrogens is 228 g/mol. The highest BCUT2D eigenvalue weighted by Gasteiger charge is 2.10. The molecule has 0 radical (unpaired) electrons. The van der Waals surface area contributed by atoms with Crippen molar-refractivity contribution < 1.29 is 9.53 Å². The highest BCUT2D eigenvalue weighted by Crippen LogP contribution is 2.27. The summed E-state index contributed by atoms with van der Waals surface area (Å²) in [5, 5.41) is 4.30. The summed E-state index contributed by atoms with van der Waals surface area (Å²) in [6.45, 7) is 4.15. The Morgan fingerprint density at radius 1 is 1.33 bits per heavy atom. The molecule has 1 heterocycles. The molecule has 2 rings (SSSR count). The van der Waals surface area contributed by atoms with Crippen LogP contribution in [-0.2, 0) is 0 Å². The lowest BCUT2D eigenvalue weighted by atomic mass is 10.1. The molecule has 0 bridgehead atoms. The van der Waals surface area contributed by atoms with Crippen LogP contribution in [0.3, 0.4) is 0 Å². The third-order valence-electron chi connectivity index (χ3n) is 2.82. The van der Waals surface area contributed by atoms with Crippen molar-refractivity contribution in [2.45, 2.75) is 19.9 Å². The Hall–Kier alpha value is -2.10. The first-order valence-corrected chi connectivity index (χ1v) is 5.84. The van der Waals surface area contributed by atoms with Crippen LogP contribution in [0.1, 0.15) is 30.2 Å². The van der Waals surface area contributed by atoms with Crippen molar-refractivity contribution in [3.63, 3.8) is 0 Å². The maximum Gasteiger partial charge on any atom is 0.153 e. The number of carbonyl (C=O) groups is 1. The van der Waals surface area contributed by atoms with Gasteiger partial charge in [-0.2, -0.15) is 5.10 Å². The molecule has 1 aromatic carbocycles. The first-order valence-electron chi connectivity index (χ1n) is 5.84. The summed E-state index contributed by atoms with van der Waals surface area (Å²) in [6, 6.07) is 7.77. The Morgan fingerprint density at radius 2 is 2.11 bits per heavy atom. The predicted octanol–water partition coefficient (Wildman–Crippen LogP) is 2.95. The number of hydrogen-bond donors (Lipinski definition) is 0. The van der Waals surface area contributed by atoms with Gasteiger partial charge in [-0.25, -0.2) is 0 Å². The van der Waals surface area contributed by atoms with Crippen LogP contribution in [0.5, 0.6) is 5.75 Å². The number of aldehydes is 1. The largest absolute Gasteiger partial charge is 0.496 e. The minimum atomic E-state index is 0.284. The SMILES string of the molecule is COc1cc(-c2ccnn2C(C)C)ccc1C=O. The van der Waals surface area contributed by atoms with Gasteiger partial charge in [0.1, 0.15) is 5.75 Å². The van der Waals surface area contributed by atoms with Crippen LogP contribution >= 0.6 is 0 Å². The van der Waals surface area contributed by atoms with Crippen molar-refractivity contribution in [2.24, 2.45) is 0 Å². The molecule has 0 amide bonds. The molecule has 4 nitrogen and oxygen atoms in total. The molecule has 0 aliphatic heterocycles. The molecule has 0 atom stereocenters. The van der Waals surface area contributed by atoms with Crippen LogP contribution in [0.15, 0.2) is 30.5 Å². The van der Waals surface area contributed by atoms with E-state index in [9.17, 15) is 4.79 Å². The number of carbonyl (C=O) groups excluding carboxylic acids is 1. The minimum absolute atomic E-state index is 0.284. The highest BCUT2D eigenvalue weighted by atomic mass is 16.5. The molecule has 0 saturated carbocycles. The van der Waals surface area contributed by atoms with Crippen LogP contribution in [0, 0.1) is 0 Å². The Bertz CT molecular complexity index is 559. The molecule has 0 spiro atoms. The summed E-state index contributed by atoms with van der Waals surface area (Å²) >= 11 is 0. The first-order chi connectivity index (χ1) is 8.67. The van der Waals surface area contributed by atoms with Gasteiger partial charge in [-0.15, -0.1) is 0 Å². The van der Waals surface area contributed by atoms with E-state index in [1.807, 2.05) is 22.9 Å². The van der Waals surface area contributed by atoms with E-state index in [4.69, 9.17) is 4.74 Å². The summed E-state index contributed by atoms with van der Waals surface area (Å²) in [5.74, 6) is 0.582. The first kappa shape index (κ1) is 12.4. The fourth-order valence-electron chi connectivity index (χ4n) is 1.92. The fraction of sp³-hybridized carbons (Fsp3) is 0.286. The Balaban J connectivity index is 2.51. The summed E-state index contributed by atoms with van der Waals surface area (Å²) in [6.07, 6.45) is 2.57. The zero-order valence-electron chi connectivity index (χ0n) is 10.8. The van der Waals surface area contributed by atoms with E-state index < -0.39 is 0 Å². The van der Waals surface area contributed by atoms with Gasteiger partial charge in [-0.3, -0.25) is 9.48 Å². The maximum atomic E-state index is 10.9. The standard InChI is InChI=1S/C14H16N2O2/c1-10(2)16-13(6-7-15-16)11-4-5-12(9-17)14(8-11)18-3/h4-10H,1-3H3. The monoisotopic (exact) mass is 244 g/mol. The van der Waals surface area contributed by atoms with Gasteiger partial charge in [0.05, 0.1) is 18.4 Å². The van der Waals surface area contributed by atoms with Crippen LogP contribution in [0.25, 0.3) is 11.3 Å². The second kappa shape index (κ2) is 5.04. The van der Waals surface area contributed by atoms with Crippen molar-refractivity contribution in [3.8, 4) is 17.0 Å². The summed E-state index contributed by atoms with van der Waals surface area (Å²) in [4.78, 5) is 10.9. The second-order valence-corrected chi connectivity index (χ2v) is 4.33. The average molecular weight is 244 g/mol. The maximum absolute atomic E-state index is 10.9. The lowest BCUT2D eigenvalue weighted by Crippen LogP contribution is -2.04. The van der Waals surface area contributed by atoms with Crippen LogP contribution < -0.4 is 4.74 Å². The number of nitrogens with zero attached hydrogens (tertiary/aromatic N) is 2. The van der Waals surface area contributed by atoms with E-state index in [0.717, 1.165) is 17.5 Å². The summed E-state index contributed by atoms with van der Waals surface area (Å²) < 4.78 is 7.15. The van der Waals surface area contributed by atoms with Gasteiger partial charge in [-0.1, -0.05) is 6.07 Å². The van der Waals surface area contributed by atoms with Gasteiger partial charge in [0.15, 0.2) is 6.29 Å². The molecule has 0 aliphatic rings. The Labute approximate surface area is 106 Å². The van der Waals surface area contributed by atoms with Crippen LogP contribution in [0.2, 0.25) is 0 Å². The molecule has 0 fully saturated rings. The number of rotatable bonds is 4. The lowest BCUT2D eigenvalue weighted by Gasteiger charge is -2.12. The number of methoxy groups -OCH3 is 1. The van der Waals surface area contributed by atoms with Crippen molar-refractivity contribution in [3.05, 3.63) is 36.0 Å². The van der Waals surface area contributed by atoms with Crippen molar-refractivity contribution >= 4 is 6.29 Å². The number of benzene rings is 1. The molecule has 4 heteroatoms. The van der Waals surface area contributed by atoms with Gasteiger partial charge in [0.2, 0.25) is 0 Å². The van der Waals surface area contributed by atoms with E-state index >= 15 is 0 Å². The van der Waals surface area contributed by atoms with E-state index in [-0.39, 0.29) is 6.04 Å².